The lowest BCUT2D eigenvalue weighted by molar-refractivity contribution is 0.0217. The Balaban J connectivity index is 1.40. The van der Waals surface area contributed by atoms with Crippen molar-refractivity contribution in [3.63, 3.8) is 0 Å². The second-order valence-corrected chi connectivity index (χ2v) is 8.18. The van der Waals surface area contributed by atoms with Gasteiger partial charge in [-0.2, -0.15) is 0 Å². The molecule has 0 radical (unpaired) electrons. The smallest absolute Gasteiger partial charge is 0.251 e. The average molecular weight is 356 g/mol. The normalized spacial score (nSPS) is 28.1. The summed E-state index contributed by atoms with van der Waals surface area (Å²) < 4.78 is 5.58. The Hall–Kier alpha value is -1.72. The molecule has 25 heavy (non-hydrogen) atoms. The molecule has 5 heteroatoms. The zero-order valence-electron chi connectivity index (χ0n) is 14.7. The Bertz CT molecular complexity index is 745. The molecule has 0 saturated carbocycles. The molecule has 5 rings (SSSR count). The van der Waals surface area contributed by atoms with E-state index in [4.69, 9.17) is 4.42 Å². The lowest BCUT2D eigenvalue weighted by atomic mass is 9.79. The van der Waals surface area contributed by atoms with E-state index in [0.29, 0.717) is 12.0 Å². The highest BCUT2D eigenvalue weighted by atomic mass is 32.2. The fraction of sp³-hybridized carbons (Fsp3) is 0.450. The quantitative estimate of drug-likeness (QED) is 0.901. The average Bonchev–Trinajstić information content (AvgIpc) is 3.04. The number of carbonyl (C=O) groups excluding carboxylic acids is 1. The van der Waals surface area contributed by atoms with Crippen LogP contribution in [0.5, 0.6) is 0 Å². The molecular formula is C20H24N2O2S. The van der Waals surface area contributed by atoms with Gasteiger partial charge in [0.05, 0.1) is 0 Å². The van der Waals surface area contributed by atoms with Crippen LogP contribution < -0.4 is 5.32 Å². The second kappa shape index (κ2) is 6.89. The summed E-state index contributed by atoms with van der Waals surface area (Å²) in [6.45, 7) is 6.53. The highest BCUT2D eigenvalue weighted by molar-refractivity contribution is 7.99. The minimum atomic E-state index is 0.0380. The zero-order valence-corrected chi connectivity index (χ0v) is 15.5. The molecule has 4 heterocycles. The van der Waals surface area contributed by atoms with E-state index in [9.17, 15) is 4.79 Å². The number of aryl methyl sites for hydroxylation is 1. The Kier molecular flexibility index (Phi) is 4.61. The van der Waals surface area contributed by atoms with Gasteiger partial charge in [-0.3, -0.25) is 9.69 Å². The number of furan rings is 1. The summed E-state index contributed by atoms with van der Waals surface area (Å²) in [4.78, 5) is 16.2. The van der Waals surface area contributed by atoms with E-state index in [-0.39, 0.29) is 11.9 Å². The van der Waals surface area contributed by atoms with Gasteiger partial charge in [-0.25, -0.2) is 0 Å². The van der Waals surface area contributed by atoms with Crippen molar-refractivity contribution in [2.24, 2.45) is 5.92 Å². The summed E-state index contributed by atoms with van der Waals surface area (Å²) >= 11 is 1.57. The van der Waals surface area contributed by atoms with Gasteiger partial charge >= 0.3 is 0 Å². The lowest BCUT2D eigenvalue weighted by Crippen LogP contribution is -2.62. The standard InChI is InChI=1S/C20H24N2O2S/c1-13-3-8-18(24-13)25-17-6-4-16(5-7-17)20(23)21-19-14(2)22-11-9-15(19)10-12-22/h3-8,14-15,19H,9-12H2,1-2H3,(H,21,23). The van der Waals surface area contributed by atoms with Crippen molar-refractivity contribution in [1.29, 1.82) is 0 Å². The molecular weight excluding hydrogens is 332 g/mol. The highest BCUT2D eigenvalue weighted by Gasteiger charge is 2.40. The van der Waals surface area contributed by atoms with Crippen LogP contribution in [0.4, 0.5) is 0 Å². The van der Waals surface area contributed by atoms with Crippen molar-refractivity contribution in [2.75, 3.05) is 13.1 Å². The van der Waals surface area contributed by atoms with E-state index < -0.39 is 0 Å². The molecule has 3 aliphatic heterocycles. The van der Waals surface area contributed by atoms with Gasteiger partial charge in [0.2, 0.25) is 0 Å². The number of benzene rings is 1. The Morgan fingerprint density at radius 2 is 1.88 bits per heavy atom. The Labute approximate surface area is 153 Å². The first-order valence-electron chi connectivity index (χ1n) is 8.99. The molecule has 1 aromatic carbocycles. The van der Waals surface area contributed by atoms with Crippen LogP contribution in [0.25, 0.3) is 0 Å². The number of hydrogen-bond donors (Lipinski definition) is 1. The SMILES string of the molecule is Cc1ccc(Sc2ccc(C(=O)NC3C4CCN(CC4)C3C)cc2)o1. The van der Waals surface area contributed by atoms with Crippen molar-refractivity contribution in [3.8, 4) is 0 Å². The van der Waals surface area contributed by atoms with Crippen LogP contribution in [0.3, 0.4) is 0 Å². The predicted molar refractivity (Wildman–Crippen MR) is 99.0 cm³/mol. The number of rotatable bonds is 4. The number of amides is 1. The monoisotopic (exact) mass is 356 g/mol. The summed E-state index contributed by atoms with van der Waals surface area (Å²) in [6, 6.07) is 12.4. The van der Waals surface area contributed by atoms with E-state index in [1.54, 1.807) is 11.8 Å². The lowest BCUT2D eigenvalue weighted by Gasteiger charge is -2.49. The molecule has 2 unspecified atom stereocenters. The number of piperidine rings is 3. The first-order chi connectivity index (χ1) is 12.1. The molecule has 3 aliphatic rings. The van der Waals surface area contributed by atoms with Crippen LogP contribution in [0.1, 0.15) is 35.9 Å². The molecule has 1 aromatic heterocycles. The molecule has 0 spiro atoms. The topological polar surface area (TPSA) is 45.5 Å². The molecule has 4 nitrogen and oxygen atoms in total. The summed E-state index contributed by atoms with van der Waals surface area (Å²) in [7, 11) is 0. The maximum atomic E-state index is 12.7. The van der Waals surface area contributed by atoms with Gasteiger partial charge in [0.25, 0.3) is 5.91 Å². The third-order valence-electron chi connectivity index (χ3n) is 5.53. The maximum Gasteiger partial charge on any atom is 0.251 e. The van der Waals surface area contributed by atoms with Crippen LogP contribution in [-0.2, 0) is 0 Å². The molecule has 3 fully saturated rings. The highest BCUT2D eigenvalue weighted by Crippen LogP contribution is 2.32. The number of nitrogens with zero attached hydrogens (tertiary/aromatic N) is 1. The van der Waals surface area contributed by atoms with Crippen molar-refractivity contribution >= 4 is 17.7 Å². The predicted octanol–water partition coefficient (Wildman–Crippen LogP) is 3.95. The van der Waals surface area contributed by atoms with Crippen molar-refractivity contribution in [2.45, 2.75) is 48.8 Å². The molecule has 0 aliphatic carbocycles. The number of carbonyl (C=O) groups is 1. The van der Waals surface area contributed by atoms with Crippen molar-refractivity contribution < 1.29 is 9.21 Å². The molecule has 2 bridgehead atoms. The van der Waals surface area contributed by atoms with Crippen molar-refractivity contribution in [1.82, 2.24) is 10.2 Å². The maximum absolute atomic E-state index is 12.7. The van der Waals surface area contributed by atoms with E-state index in [1.165, 1.54) is 25.9 Å². The van der Waals surface area contributed by atoms with E-state index >= 15 is 0 Å². The van der Waals surface area contributed by atoms with Gasteiger partial charge in [-0.1, -0.05) is 11.8 Å². The molecule has 1 amide bonds. The number of fused-ring (bicyclic) bond motifs is 3. The zero-order chi connectivity index (χ0) is 17.4. The third-order valence-corrected chi connectivity index (χ3v) is 6.45. The second-order valence-electron chi connectivity index (χ2n) is 7.10. The largest absolute Gasteiger partial charge is 0.455 e. The first kappa shape index (κ1) is 16.7. The molecule has 2 aromatic rings. The third kappa shape index (κ3) is 3.48. The molecule has 1 N–H and O–H groups in total. The van der Waals surface area contributed by atoms with E-state index in [2.05, 4.69) is 17.1 Å². The summed E-state index contributed by atoms with van der Waals surface area (Å²) in [5.41, 5.74) is 0.726. The van der Waals surface area contributed by atoms with Crippen LogP contribution in [0.2, 0.25) is 0 Å². The fourth-order valence-electron chi connectivity index (χ4n) is 4.04. The van der Waals surface area contributed by atoms with Gasteiger partial charge in [0, 0.05) is 22.5 Å². The Morgan fingerprint density at radius 3 is 2.48 bits per heavy atom. The summed E-state index contributed by atoms with van der Waals surface area (Å²) in [5, 5.41) is 4.15. The van der Waals surface area contributed by atoms with Crippen molar-refractivity contribution in [3.05, 3.63) is 47.7 Å². The minimum absolute atomic E-state index is 0.0380. The van der Waals surface area contributed by atoms with Gasteiger partial charge in [-0.05, 0) is 82.1 Å². The molecule has 3 saturated heterocycles. The minimum Gasteiger partial charge on any atom is -0.455 e. The van der Waals surface area contributed by atoms with E-state index in [0.717, 1.165) is 21.3 Å². The number of hydrogen-bond acceptors (Lipinski definition) is 4. The Morgan fingerprint density at radius 1 is 1.16 bits per heavy atom. The first-order valence-corrected chi connectivity index (χ1v) is 9.81. The summed E-state index contributed by atoms with van der Waals surface area (Å²) in [6.07, 6.45) is 2.40. The molecule has 2 atom stereocenters. The van der Waals surface area contributed by atoms with Crippen LogP contribution in [-0.4, -0.2) is 36.0 Å². The van der Waals surface area contributed by atoms with Gasteiger partial charge in [0.15, 0.2) is 5.09 Å². The van der Waals surface area contributed by atoms with Gasteiger partial charge < -0.3 is 9.73 Å². The van der Waals surface area contributed by atoms with Gasteiger partial charge in [0.1, 0.15) is 5.76 Å². The number of nitrogens with one attached hydrogen (secondary N) is 1. The van der Waals surface area contributed by atoms with E-state index in [1.807, 2.05) is 43.3 Å². The summed E-state index contributed by atoms with van der Waals surface area (Å²) in [5.74, 6) is 1.57. The van der Waals surface area contributed by atoms with Gasteiger partial charge in [-0.15, -0.1) is 0 Å². The van der Waals surface area contributed by atoms with Crippen LogP contribution in [0, 0.1) is 12.8 Å². The fourth-order valence-corrected chi connectivity index (χ4v) is 4.85. The van der Waals surface area contributed by atoms with Crippen LogP contribution >= 0.6 is 11.8 Å². The van der Waals surface area contributed by atoms with Crippen LogP contribution in [0.15, 0.2) is 50.8 Å². The molecule has 132 valence electrons.